The van der Waals surface area contributed by atoms with Crippen LogP contribution in [0.1, 0.15) is 38.6 Å². The van der Waals surface area contributed by atoms with Crippen molar-refractivity contribution in [3.8, 4) is 0 Å². The second kappa shape index (κ2) is 7.84. The fraction of sp³-hybridized carbons (Fsp3) is 0.615. The molecule has 1 saturated heterocycles. The Morgan fingerprint density at radius 3 is 2.88 bits per heavy atom. The molecule has 2 rings (SSSR count). The Morgan fingerprint density at radius 1 is 1.54 bits per heavy atom. The van der Waals surface area contributed by atoms with Gasteiger partial charge in [-0.2, -0.15) is 0 Å². The number of hydrogen-bond acceptors (Lipinski definition) is 8. The number of aliphatic hydroxyl groups excluding tert-OH is 1. The molecule has 1 aliphatic heterocycles. The lowest BCUT2D eigenvalue weighted by molar-refractivity contribution is -0.148. The lowest BCUT2D eigenvalue weighted by Crippen LogP contribution is -2.55. The summed E-state index contributed by atoms with van der Waals surface area (Å²) in [6, 6.07) is -0.897. The van der Waals surface area contributed by atoms with Crippen molar-refractivity contribution in [2.75, 3.05) is 13.1 Å². The van der Waals surface area contributed by atoms with Crippen molar-refractivity contribution in [2.24, 2.45) is 0 Å². The molecule has 11 heteroatoms. The van der Waals surface area contributed by atoms with E-state index in [4.69, 9.17) is 4.42 Å². The van der Waals surface area contributed by atoms with Crippen LogP contribution in [0, 0.1) is 0 Å². The fourth-order valence-electron chi connectivity index (χ4n) is 2.19. The van der Waals surface area contributed by atoms with E-state index in [1.54, 1.807) is 0 Å². The van der Waals surface area contributed by atoms with Crippen LogP contribution in [0.4, 0.5) is 0 Å². The molecule has 132 valence electrons. The van der Waals surface area contributed by atoms with Gasteiger partial charge >= 0.3 is 0 Å². The van der Waals surface area contributed by atoms with Crippen molar-refractivity contribution in [3.05, 3.63) is 12.3 Å². The molecular weight excluding hydrogens is 320 g/mol. The van der Waals surface area contributed by atoms with E-state index in [0.717, 1.165) is 11.4 Å². The molecule has 11 nitrogen and oxygen atoms in total. The van der Waals surface area contributed by atoms with Gasteiger partial charge in [-0.25, -0.2) is 0 Å². The molecule has 1 aromatic rings. The van der Waals surface area contributed by atoms with Crippen LogP contribution in [0.5, 0.6) is 0 Å². The van der Waals surface area contributed by atoms with E-state index in [2.05, 4.69) is 21.0 Å². The summed E-state index contributed by atoms with van der Waals surface area (Å²) >= 11 is 0. The minimum Gasteiger partial charge on any atom is -0.426 e. The second-order valence-electron chi connectivity index (χ2n) is 5.42. The number of hydrogen-bond donors (Lipinski definition) is 3. The summed E-state index contributed by atoms with van der Waals surface area (Å²) in [6.45, 7) is 2.86. The second-order valence-corrected chi connectivity index (χ2v) is 5.42. The van der Waals surface area contributed by atoms with Gasteiger partial charge in [-0.3, -0.25) is 24.4 Å². The van der Waals surface area contributed by atoms with Crippen LogP contribution in [-0.2, 0) is 14.4 Å². The standard InChI is InChI=1S/C13H20N6O5/c1-8(20)12(13-16-14-7-24-13)15-10(22)6-19-11(23)4-3-5-18(17-19)9(2)21/h7-8,12,17,20H,3-6H2,1-2H3,(H,15,22). The first-order valence-corrected chi connectivity index (χ1v) is 7.46. The summed E-state index contributed by atoms with van der Waals surface area (Å²) in [5, 5.41) is 21.8. The molecule has 3 N–H and O–H groups in total. The van der Waals surface area contributed by atoms with Gasteiger partial charge in [-0.05, 0) is 13.3 Å². The number of carbonyl (C=O) groups is 3. The zero-order valence-electron chi connectivity index (χ0n) is 13.4. The summed E-state index contributed by atoms with van der Waals surface area (Å²) < 4.78 is 4.99. The average molecular weight is 340 g/mol. The van der Waals surface area contributed by atoms with E-state index >= 15 is 0 Å². The Bertz CT molecular complexity index is 590. The maximum Gasteiger partial charge on any atom is 0.242 e. The topological polar surface area (TPSA) is 141 Å². The molecule has 0 radical (unpaired) electrons. The minimum absolute atomic E-state index is 0.0545. The first kappa shape index (κ1) is 17.8. The number of aromatic nitrogens is 2. The first-order chi connectivity index (χ1) is 11.4. The molecule has 2 unspecified atom stereocenters. The third kappa shape index (κ3) is 4.49. The summed E-state index contributed by atoms with van der Waals surface area (Å²) in [5.74, 6) is -1.06. The van der Waals surface area contributed by atoms with Gasteiger partial charge in [0.15, 0.2) is 0 Å². The predicted octanol–water partition coefficient (Wildman–Crippen LogP) is -1.50. The molecule has 3 amide bonds. The van der Waals surface area contributed by atoms with Crippen molar-refractivity contribution < 1.29 is 23.9 Å². The molecule has 0 spiro atoms. The van der Waals surface area contributed by atoms with E-state index in [9.17, 15) is 19.5 Å². The Hall–Kier alpha value is -2.53. The summed E-state index contributed by atoms with van der Waals surface area (Å²) in [7, 11) is 0. The number of amides is 3. The van der Waals surface area contributed by atoms with Crippen LogP contribution < -0.4 is 10.9 Å². The highest BCUT2D eigenvalue weighted by Crippen LogP contribution is 2.14. The van der Waals surface area contributed by atoms with Gasteiger partial charge in [-0.15, -0.1) is 15.7 Å². The van der Waals surface area contributed by atoms with Crippen molar-refractivity contribution in [2.45, 2.75) is 38.8 Å². The van der Waals surface area contributed by atoms with Crippen LogP contribution >= 0.6 is 0 Å². The number of rotatable bonds is 5. The van der Waals surface area contributed by atoms with Crippen molar-refractivity contribution in [1.29, 1.82) is 0 Å². The zero-order valence-corrected chi connectivity index (χ0v) is 13.4. The van der Waals surface area contributed by atoms with Crippen molar-refractivity contribution >= 4 is 17.7 Å². The largest absolute Gasteiger partial charge is 0.426 e. The van der Waals surface area contributed by atoms with Crippen molar-refractivity contribution in [3.63, 3.8) is 0 Å². The van der Waals surface area contributed by atoms with Gasteiger partial charge in [0.1, 0.15) is 12.6 Å². The number of nitrogens with zero attached hydrogens (tertiary/aromatic N) is 4. The molecule has 1 aliphatic rings. The maximum atomic E-state index is 12.2. The van der Waals surface area contributed by atoms with Crippen LogP contribution in [0.3, 0.4) is 0 Å². The molecular formula is C13H20N6O5. The van der Waals surface area contributed by atoms with E-state index in [1.165, 1.54) is 18.9 Å². The van der Waals surface area contributed by atoms with E-state index in [1.807, 2.05) is 0 Å². The predicted molar refractivity (Wildman–Crippen MR) is 78.3 cm³/mol. The van der Waals surface area contributed by atoms with Gasteiger partial charge in [0.2, 0.25) is 30.0 Å². The number of aliphatic hydroxyl groups is 1. The average Bonchev–Trinajstić information content (AvgIpc) is 2.97. The normalized spacial score (nSPS) is 18.0. The lowest BCUT2D eigenvalue weighted by atomic mass is 10.2. The smallest absolute Gasteiger partial charge is 0.242 e. The van der Waals surface area contributed by atoms with E-state index in [-0.39, 0.29) is 30.7 Å². The molecule has 0 aromatic carbocycles. The minimum atomic E-state index is -0.976. The molecule has 0 saturated carbocycles. The van der Waals surface area contributed by atoms with Crippen LogP contribution in [0.15, 0.2) is 10.8 Å². The molecule has 0 bridgehead atoms. The Balaban J connectivity index is 2.01. The Morgan fingerprint density at radius 2 is 2.29 bits per heavy atom. The highest BCUT2D eigenvalue weighted by molar-refractivity contribution is 5.85. The number of nitrogens with one attached hydrogen (secondary N) is 2. The summed E-state index contributed by atoms with van der Waals surface area (Å²) in [5.41, 5.74) is 2.63. The van der Waals surface area contributed by atoms with Crippen LogP contribution in [-0.4, -0.2) is 62.2 Å². The Labute approximate surface area is 137 Å². The van der Waals surface area contributed by atoms with Gasteiger partial charge in [0.05, 0.1) is 6.10 Å². The monoisotopic (exact) mass is 340 g/mol. The van der Waals surface area contributed by atoms with E-state index < -0.39 is 18.1 Å². The van der Waals surface area contributed by atoms with Gasteiger partial charge in [-0.1, -0.05) is 0 Å². The highest BCUT2D eigenvalue weighted by Gasteiger charge is 2.28. The van der Waals surface area contributed by atoms with Gasteiger partial charge in [0.25, 0.3) is 0 Å². The maximum absolute atomic E-state index is 12.2. The molecule has 2 heterocycles. The SMILES string of the molecule is CC(=O)N1CCCC(=O)N(CC(=O)NC(c2nnco2)C(C)O)N1. The van der Waals surface area contributed by atoms with Gasteiger partial charge in [0, 0.05) is 19.9 Å². The molecule has 24 heavy (non-hydrogen) atoms. The highest BCUT2D eigenvalue weighted by atomic mass is 16.4. The first-order valence-electron chi connectivity index (χ1n) is 7.46. The van der Waals surface area contributed by atoms with Crippen molar-refractivity contribution in [1.82, 2.24) is 31.1 Å². The fourth-order valence-corrected chi connectivity index (χ4v) is 2.19. The molecule has 0 aliphatic carbocycles. The Kier molecular flexibility index (Phi) is 5.82. The third-order valence-corrected chi connectivity index (χ3v) is 3.44. The zero-order chi connectivity index (χ0) is 17.7. The van der Waals surface area contributed by atoms with Crippen LogP contribution in [0.25, 0.3) is 0 Å². The third-order valence-electron chi connectivity index (χ3n) is 3.44. The quantitative estimate of drug-likeness (QED) is 0.588. The number of hydrazine groups is 2. The molecule has 2 atom stereocenters. The van der Waals surface area contributed by atoms with Crippen LogP contribution in [0.2, 0.25) is 0 Å². The van der Waals surface area contributed by atoms with E-state index in [0.29, 0.717) is 13.0 Å². The summed E-state index contributed by atoms with van der Waals surface area (Å²) in [4.78, 5) is 35.7. The number of carbonyl (C=O) groups excluding carboxylic acids is 3. The molecule has 1 fully saturated rings. The molecule has 1 aromatic heterocycles. The van der Waals surface area contributed by atoms with Gasteiger partial charge < -0.3 is 14.8 Å². The summed E-state index contributed by atoms with van der Waals surface area (Å²) in [6.07, 6.45) is 0.826. The lowest BCUT2D eigenvalue weighted by Gasteiger charge is -2.28.